The fourth-order valence-corrected chi connectivity index (χ4v) is 3.45. The van der Waals surface area contributed by atoms with Gasteiger partial charge in [-0.15, -0.1) is 0 Å². The third kappa shape index (κ3) is 5.48. The molecule has 0 atom stereocenters. The van der Waals surface area contributed by atoms with Crippen molar-refractivity contribution in [2.24, 2.45) is 0 Å². The van der Waals surface area contributed by atoms with Crippen molar-refractivity contribution in [2.45, 2.75) is 27.3 Å². The van der Waals surface area contributed by atoms with Crippen molar-refractivity contribution in [1.29, 1.82) is 0 Å². The molecular formula is C25H27N5O7. The van der Waals surface area contributed by atoms with Crippen molar-refractivity contribution in [1.82, 2.24) is 23.7 Å². The zero-order chi connectivity index (χ0) is 27.4. The average Bonchev–Trinajstić information content (AvgIpc) is 2.84. The summed E-state index contributed by atoms with van der Waals surface area (Å²) >= 11 is 0. The Kier molecular flexibility index (Phi) is 8.03. The summed E-state index contributed by atoms with van der Waals surface area (Å²) in [5.41, 5.74) is 0.383. The second-order valence-electron chi connectivity index (χ2n) is 8.39. The van der Waals surface area contributed by atoms with Gasteiger partial charge in [0.05, 0.1) is 6.61 Å². The summed E-state index contributed by atoms with van der Waals surface area (Å²) < 4.78 is 7.06. The fourth-order valence-electron chi connectivity index (χ4n) is 3.45. The number of Topliss-reactive ketones (excluding diaryl/α,β-unsaturated/α-hetero) is 1. The lowest BCUT2D eigenvalue weighted by Gasteiger charge is -2.12. The van der Waals surface area contributed by atoms with Gasteiger partial charge in [0.1, 0.15) is 11.1 Å². The number of fused-ring (bicyclic) bond motifs is 2. The van der Waals surface area contributed by atoms with Crippen LogP contribution in [0.1, 0.15) is 45.7 Å². The van der Waals surface area contributed by atoms with E-state index in [1.807, 2.05) is 19.0 Å². The van der Waals surface area contributed by atoms with Crippen molar-refractivity contribution in [2.75, 3.05) is 20.7 Å². The van der Waals surface area contributed by atoms with Crippen LogP contribution in [0.3, 0.4) is 0 Å². The molecule has 4 aromatic rings. The molecule has 194 valence electrons. The SMILES string of the molecule is CC(=O)c1cnc2c(O)c(CN(C)C)ccn2c1=O.CCOC(=O)c1cnc2c(O)c(C)ccn2c1=O. The van der Waals surface area contributed by atoms with Gasteiger partial charge in [-0.2, -0.15) is 0 Å². The van der Waals surface area contributed by atoms with E-state index in [2.05, 4.69) is 9.97 Å². The highest BCUT2D eigenvalue weighted by Gasteiger charge is 2.16. The van der Waals surface area contributed by atoms with Crippen molar-refractivity contribution >= 4 is 23.0 Å². The normalized spacial score (nSPS) is 10.9. The van der Waals surface area contributed by atoms with Crippen LogP contribution in [0.4, 0.5) is 0 Å². The van der Waals surface area contributed by atoms with Crippen LogP contribution in [-0.4, -0.2) is 66.3 Å². The Morgan fingerprint density at radius 2 is 1.49 bits per heavy atom. The van der Waals surface area contributed by atoms with Gasteiger partial charge in [0.2, 0.25) is 0 Å². The van der Waals surface area contributed by atoms with Crippen molar-refractivity contribution in [3.05, 3.63) is 79.9 Å². The largest absolute Gasteiger partial charge is 0.504 e. The molecule has 0 bridgehead atoms. The van der Waals surface area contributed by atoms with Crippen LogP contribution in [0, 0.1) is 6.92 Å². The van der Waals surface area contributed by atoms with Gasteiger partial charge in [0, 0.05) is 36.9 Å². The molecule has 0 spiro atoms. The minimum atomic E-state index is -0.718. The van der Waals surface area contributed by atoms with E-state index in [-0.39, 0.29) is 46.3 Å². The van der Waals surface area contributed by atoms with Gasteiger partial charge in [0.15, 0.2) is 28.6 Å². The van der Waals surface area contributed by atoms with E-state index in [0.29, 0.717) is 17.7 Å². The van der Waals surface area contributed by atoms with Crippen molar-refractivity contribution < 1.29 is 24.5 Å². The number of ketones is 1. The highest BCUT2D eigenvalue weighted by Crippen LogP contribution is 2.22. The maximum absolute atomic E-state index is 12.0. The quantitative estimate of drug-likeness (QED) is 0.299. The van der Waals surface area contributed by atoms with Gasteiger partial charge in [-0.3, -0.25) is 23.2 Å². The molecule has 4 rings (SSSR count). The summed E-state index contributed by atoms with van der Waals surface area (Å²) in [4.78, 5) is 56.7. The van der Waals surface area contributed by atoms with Gasteiger partial charge in [-0.1, -0.05) is 0 Å². The zero-order valence-electron chi connectivity index (χ0n) is 21.1. The Hall–Kier alpha value is -4.58. The Balaban J connectivity index is 0.000000206. The van der Waals surface area contributed by atoms with Crippen LogP contribution in [0.5, 0.6) is 11.5 Å². The van der Waals surface area contributed by atoms with E-state index in [1.165, 1.54) is 29.9 Å². The number of carbonyl (C=O) groups excluding carboxylic acids is 2. The molecule has 0 amide bonds. The second-order valence-corrected chi connectivity index (χ2v) is 8.39. The van der Waals surface area contributed by atoms with Gasteiger partial charge >= 0.3 is 5.97 Å². The summed E-state index contributed by atoms with van der Waals surface area (Å²) in [6.07, 6.45) is 5.31. The van der Waals surface area contributed by atoms with Crippen LogP contribution in [-0.2, 0) is 11.3 Å². The van der Waals surface area contributed by atoms with Gasteiger partial charge in [0.25, 0.3) is 11.1 Å². The molecule has 0 saturated carbocycles. The van der Waals surface area contributed by atoms with E-state index in [0.717, 1.165) is 10.6 Å². The molecule has 0 saturated heterocycles. The molecule has 4 heterocycles. The third-order valence-electron chi connectivity index (χ3n) is 5.35. The Labute approximate surface area is 211 Å². The lowest BCUT2D eigenvalue weighted by Crippen LogP contribution is -2.24. The third-order valence-corrected chi connectivity index (χ3v) is 5.35. The predicted molar refractivity (Wildman–Crippen MR) is 134 cm³/mol. The first-order chi connectivity index (χ1) is 17.5. The summed E-state index contributed by atoms with van der Waals surface area (Å²) in [6.45, 7) is 5.37. The average molecular weight is 510 g/mol. The highest BCUT2D eigenvalue weighted by atomic mass is 16.5. The number of aryl methyl sites for hydroxylation is 1. The number of esters is 1. The van der Waals surface area contributed by atoms with Crippen LogP contribution in [0.25, 0.3) is 11.3 Å². The number of carbonyl (C=O) groups is 2. The molecule has 0 radical (unpaired) electrons. The molecule has 4 aromatic heterocycles. The zero-order valence-corrected chi connectivity index (χ0v) is 21.1. The van der Waals surface area contributed by atoms with E-state index in [9.17, 15) is 29.4 Å². The summed E-state index contributed by atoms with van der Waals surface area (Å²) in [5, 5.41) is 19.9. The number of pyridine rings is 2. The first-order valence-corrected chi connectivity index (χ1v) is 11.2. The van der Waals surface area contributed by atoms with Crippen molar-refractivity contribution in [3.8, 4) is 11.5 Å². The molecule has 12 nitrogen and oxygen atoms in total. The molecular weight excluding hydrogens is 482 g/mol. The number of ether oxygens (including phenoxy) is 1. The molecule has 0 aliphatic heterocycles. The minimum Gasteiger partial charge on any atom is -0.504 e. The van der Waals surface area contributed by atoms with Crippen LogP contribution in [0.15, 0.2) is 46.5 Å². The van der Waals surface area contributed by atoms with Crippen LogP contribution in [0.2, 0.25) is 0 Å². The van der Waals surface area contributed by atoms with Gasteiger partial charge in [-0.25, -0.2) is 14.8 Å². The summed E-state index contributed by atoms with van der Waals surface area (Å²) in [5.74, 6) is -1.18. The van der Waals surface area contributed by atoms with Crippen molar-refractivity contribution in [3.63, 3.8) is 0 Å². The first kappa shape index (κ1) is 27.0. The predicted octanol–water partition coefficient (Wildman–Crippen LogP) is 1.55. The van der Waals surface area contributed by atoms with Crippen LogP contribution >= 0.6 is 0 Å². The number of hydrogen-bond donors (Lipinski definition) is 2. The topological polar surface area (TPSA) is 156 Å². The lowest BCUT2D eigenvalue weighted by atomic mass is 10.2. The Morgan fingerprint density at radius 1 is 0.946 bits per heavy atom. The lowest BCUT2D eigenvalue weighted by molar-refractivity contribution is 0.0523. The Bertz CT molecular complexity index is 1620. The number of aromatic hydroxyl groups is 2. The second kappa shape index (κ2) is 11.0. The van der Waals surface area contributed by atoms with Crippen LogP contribution < -0.4 is 11.1 Å². The van der Waals surface area contributed by atoms with Gasteiger partial charge in [-0.05, 0) is 52.6 Å². The number of rotatable bonds is 5. The molecule has 12 heteroatoms. The minimum absolute atomic E-state index is 0.0114. The standard InChI is InChI=1S/C13H15N3O3.C12H12N2O4/c1-8(17)10-6-14-12-11(18)9(7-15(2)3)4-5-16(12)13(10)19;1-3-18-12(17)8-6-13-10-9(15)7(2)4-5-14(10)11(8)16/h4-6,18H,7H2,1-3H3;4-6,15H,3H2,1-2H3. The monoisotopic (exact) mass is 509 g/mol. The maximum Gasteiger partial charge on any atom is 0.345 e. The molecule has 2 N–H and O–H groups in total. The van der Waals surface area contributed by atoms with Gasteiger partial charge < -0.3 is 19.8 Å². The fraction of sp³-hybridized carbons (Fsp3) is 0.280. The molecule has 0 aromatic carbocycles. The molecule has 0 unspecified atom stereocenters. The summed E-state index contributed by atoms with van der Waals surface area (Å²) in [7, 11) is 3.75. The smallest absolute Gasteiger partial charge is 0.345 e. The highest BCUT2D eigenvalue weighted by molar-refractivity contribution is 5.93. The van der Waals surface area contributed by atoms with E-state index in [1.54, 1.807) is 26.0 Å². The number of hydrogen-bond acceptors (Lipinski definition) is 10. The number of nitrogens with zero attached hydrogens (tertiary/aromatic N) is 5. The Morgan fingerprint density at radius 3 is 2.05 bits per heavy atom. The molecule has 0 aliphatic carbocycles. The van der Waals surface area contributed by atoms with E-state index in [4.69, 9.17) is 4.74 Å². The number of aromatic nitrogens is 4. The molecule has 0 fully saturated rings. The molecule has 0 aliphatic rings. The summed E-state index contributed by atoms with van der Waals surface area (Å²) in [6, 6.07) is 3.22. The first-order valence-electron chi connectivity index (χ1n) is 11.2. The molecule has 37 heavy (non-hydrogen) atoms. The van der Waals surface area contributed by atoms with E-state index >= 15 is 0 Å². The van der Waals surface area contributed by atoms with E-state index < -0.39 is 17.1 Å². The maximum atomic E-state index is 12.0.